The summed E-state index contributed by atoms with van der Waals surface area (Å²) in [7, 11) is 0. The Morgan fingerprint density at radius 1 is 1.06 bits per heavy atom. The van der Waals surface area contributed by atoms with Gasteiger partial charge in [0, 0.05) is 21.8 Å². The number of H-pyrrole nitrogens is 1. The summed E-state index contributed by atoms with van der Waals surface area (Å²) in [6, 6.07) is 11.8. The highest BCUT2D eigenvalue weighted by Crippen LogP contribution is 2.35. The van der Waals surface area contributed by atoms with Crippen LogP contribution in [0.3, 0.4) is 0 Å². The van der Waals surface area contributed by atoms with E-state index in [0.717, 1.165) is 16.7 Å². The van der Waals surface area contributed by atoms with Gasteiger partial charge in [0.2, 0.25) is 5.75 Å². The van der Waals surface area contributed by atoms with E-state index in [2.05, 4.69) is 15.0 Å². The van der Waals surface area contributed by atoms with Crippen LogP contribution in [0.4, 0.5) is 13.2 Å². The standard InChI is InChI=1S/C23H12Cl2F3N5O3/c24-15-3-1-13(2-4-15)20-30-9-14(21(34)32-20)10-33-11-31-19(23(26,27)28)18(22(33)35)36-17-6-12(8-29)5-16(25)7-17/h1-7,9,11H,10H2,(H,30,32,34). The molecule has 13 heteroatoms. The van der Waals surface area contributed by atoms with Gasteiger partial charge in [0.15, 0.2) is 5.69 Å². The molecule has 2 aromatic carbocycles. The van der Waals surface area contributed by atoms with Crippen LogP contribution in [0.5, 0.6) is 11.5 Å². The Balaban J connectivity index is 1.72. The number of aromatic amines is 1. The maximum absolute atomic E-state index is 13.6. The zero-order valence-corrected chi connectivity index (χ0v) is 19.3. The molecule has 0 saturated carbocycles. The van der Waals surface area contributed by atoms with E-state index < -0.39 is 35.3 Å². The topological polar surface area (TPSA) is 114 Å². The average molecular weight is 534 g/mol. The molecule has 0 aliphatic rings. The second-order valence-corrected chi connectivity index (χ2v) is 8.21. The fraction of sp³-hybridized carbons (Fsp3) is 0.0870. The number of hydrogen-bond donors (Lipinski definition) is 1. The van der Waals surface area contributed by atoms with Crippen molar-refractivity contribution in [2.75, 3.05) is 0 Å². The van der Waals surface area contributed by atoms with Gasteiger partial charge in [0.05, 0.1) is 30.1 Å². The smallest absolute Gasteiger partial charge is 0.437 e. The van der Waals surface area contributed by atoms with Crippen molar-refractivity contribution in [1.82, 2.24) is 19.5 Å². The number of halogens is 5. The first-order valence-electron chi connectivity index (χ1n) is 9.94. The molecule has 0 unspecified atom stereocenters. The Hall–Kier alpha value is -4.14. The lowest BCUT2D eigenvalue weighted by Gasteiger charge is -2.15. The Bertz CT molecular complexity index is 1610. The highest BCUT2D eigenvalue weighted by Gasteiger charge is 2.38. The van der Waals surface area contributed by atoms with Gasteiger partial charge in [-0.2, -0.15) is 18.4 Å². The maximum atomic E-state index is 13.6. The van der Waals surface area contributed by atoms with E-state index in [4.69, 9.17) is 33.2 Å². The van der Waals surface area contributed by atoms with E-state index in [-0.39, 0.29) is 27.7 Å². The normalized spacial score (nSPS) is 11.2. The number of alkyl halides is 3. The minimum absolute atomic E-state index is 0.00802. The summed E-state index contributed by atoms with van der Waals surface area (Å²) in [6.45, 7) is -0.442. The molecule has 2 heterocycles. The number of nitrogens with one attached hydrogen (secondary N) is 1. The lowest BCUT2D eigenvalue weighted by molar-refractivity contribution is -0.142. The van der Waals surface area contributed by atoms with Crippen molar-refractivity contribution < 1.29 is 17.9 Å². The summed E-state index contributed by atoms with van der Waals surface area (Å²) >= 11 is 11.7. The maximum Gasteiger partial charge on any atom is 0.437 e. The van der Waals surface area contributed by atoms with Gasteiger partial charge in [-0.3, -0.25) is 14.2 Å². The van der Waals surface area contributed by atoms with Gasteiger partial charge in [-0.15, -0.1) is 0 Å². The van der Waals surface area contributed by atoms with E-state index in [0.29, 0.717) is 16.9 Å². The number of rotatable bonds is 5. The predicted molar refractivity (Wildman–Crippen MR) is 124 cm³/mol. The van der Waals surface area contributed by atoms with Gasteiger partial charge in [0.1, 0.15) is 11.6 Å². The molecule has 4 aromatic rings. The van der Waals surface area contributed by atoms with Crippen molar-refractivity contribution >= 4 is 23.2 Å². The summed E-state index contributed by atoms with van der Waals surface area (Å²) in [5.41, 5.74) is -2.84. The van der Waals surface area contributed by atoms with Crippen molar-refractivity contribution in [2.45, 2.75) is 12.7 Å². The van der Waals surface area contributed by atoms with Crippen molar-refractivity contribution in [3.05, 3.63) is 103 Å². The molecule has 1 N–H and O–H groups in total. The van der Waals surface area contributed by atoms with Gasteiger partial charge in [-0.25, -0.2) is 9.97 Å². The third-order valence-electron chi connectivity index (χ3n) is 4.82. The highest BCUT2D eigenvalue weighted by atomic mass is 35.5. The molecular formula is C23H12Cl2F3N5O3. The van der Waals surface area contributed by atoms with Gasteiger partial charge in [-0.1, -0.05) is 23.2 Å². The Morgan fingerprint density at radius 3 is 2.42 bits per heavy atom. The van der Waals surface area contributed by atoms with Crippen LogP contribution in [0.1, 0.15) is 16.8 Å². The van der Waals surface area contributed by atoms with Crippen molar-refractivity contribution in [2.24, 2.45) is 0 Å². The van der Waals surface area contributed by atoms with E-state index >= 15 is 0 Å². The molecule has 0 spiro atoms. The SMILES string of the molecule is N#Cc1cc(Cl)cc(Oc2c(C(F)(F)F)ncn(Cc3cnc(-c4ccc(Cl)cc4)[nH]c3=O)c2=O)c1. The molecule has 0 fully saturated rings. The fourth-order valence-corrected chi connectivity index (χ4v) is 3.50. The van der Waals surface area contributed by atoms with Crippen LogP contribution in [0.15, 0.2) is 64.6 Å². The number of hydrogen-bond acceptors (Lipinski definition) is 6. The number of nitriles is 1. The molecule has 36 heavy (non-hydrogen) atoms. The molecule has 0 amide bonds. The van der Waals surface area contributed by atoms with Crippen molar-refractivity contribution in [1.29, 1.82) is 5.26 Å². The molecule has 0 bridgehead atoms. The average Bonchev–Trinajstić information content (AvgIpc) is 2.82. The lowest BCUT2D eigenvalue weighted by Crippen LogP contribution is -2.28. The minimum Gasteiger partial charge on any atom is -0.449 e. The summed E-state index contributed by atoms with van der Waals surface area (Å²) in [4.78, 5) is 35.6. The number of nitrogens with zero attached hydrogens (tertiary/aromatic N) is 4. The van der Waals surface area contributed by atoms with E-state index in [1.165, 1.54) is 12.3 Å². The molecule has 0 radical (unpaired) electrons. The third kappa shape index (κ3) is 5.40. The molecule has 0 saturated heterocycles. The first-order chi connectivity index (χ1) is 17.0. The van der Waals surface area contributed by atoms with Gasteiger partial charge in [0.25, 0.3) is 11.1 Å². The van der Waals surface area contributed by atoms with Gasteiger partial charge >= 0.3 is 6.18 Å². The van der Waals surface area contributed by atoms with Crippen LogP contribution in [-0.2, 0) is 12.7 Å². The number of ether oxygens (including phenoxy) is 1. The van der Waals surface area contributed by atoms with Crippen molar-refractivity contribution in [3.8, 4) is 29.0 Å². The first kappa shape index (κ1) is 25.0. The largest absolute Gasteiger partial charge is 0.449 e. The van der Waals surface area contributed by atoms with Crippen LogP contribution in [-0.4, -0.2) is 19.5 Å². The second-order valence-electron chi connectivity index (χ2n) is 7.34. The van der Waals surface area contributed by atoms with E-state index in [1.54, 1.807) is 30.3 Å². The van der Waals surface area contributed by atoms with E-state index in [1.807, 2.05) is 0 Å². The van der Waals surface area contributed by atoms with Gasteiger partial charge < -0.3 is 9.72 Å². The third-order valence-corrected chi connectivity index (χ3v) is 5.29. The quantitative estimate of drug-likeness (QED) is 0.384. The van der Waals surface area contributed by atoms with Crippen LogP contribution < -0.4 is 15.9 Å². The molecule has 0 aliphatic heterocycles. The zero-order valence-electron chi connectivity index (χ0n) is 17.8. The summed E-state index contributed by atoms with van der Waals surface area (Å²) < 4.78 is 46.7. The molecular weight excluding hydrogens is 522 g/mol. The summed E-state index contributed by atoms with van der Waals surface area (Å²) in [6.07, 6.45) is -3.17. The molecule has 182 valence electrons. The molecule has 0 atom stereocenters. The van der Waals surface area contributed by atoms with Crippen LogP contribution in [0.25, 0.3) is 11.4 Å². The first-order valence-corrected chi connectivity index (χ1v) is 10.7. The van der Waals surface area contributed by atoms with Crippen molar-refractivity contribution in [3.63, 3.8) is 0 Å². The lowest BCUT2D eigenvalue weighted by atomic mass is 10.2. The monoisotopic (exact) mass is 533 g/mol. The molecule has 0 aliphatic carbocycles. The minimum atomic E-state index is -5.02. The van der Waals surface area contributed by atoms with Crippen LogP contribution in [0.2, 0.25) is 10.0 Å². The number of aromatic nitrogens is 4. The zero-order chi connectivity index (χ0) is 26.0. The number of benzene rings is 2. The molecule has 8 nitrogen and oxygen atoms in total. The fourth-order valence-electron chi connectivity index (χ4n) is 3.15. The van der Waals surface area contributed by atoms with E-state index in [9.17, 15) is 22.8 Å². The predicted octanol–water partition coefficient (Wildman–Crippen LogP) is 5.03. The highest BCUT2D eigenvalue weighted by molar-refractivity contribution is 6.31. The Labute approximate surface area is 210 Å². The molecule has 4 rings (SSSR count). The molecule has 2 aromatic heterocycles. The Kier molecular flexibility index (Phi) is 6.83. The van der Waals surface area contributed by atoms with Gasteiger partial charge in [-0.05, 0) is 42.5 Å². The van der Waals surface area contributed by atoms with Crippen LogP contribution >= 0.6 is 23.2 Å². The second kappa shape index (κ2) is 9.85. The summed E-state index contributed by atoms with van der Waals surface area (Å²) in [5, 5.41) is 9.57. The summed E-state index contributed by atoms with van der Waals surface area (Å²) in [5.74, 6) is -1.18. The Morgan fingerprint density at radius 2 is 1.78 bits per heavy atom. The van der Waals surface area contributed by atoms with Crippen LogP contribution in [0, 0.1) is 11.3 Å².